The average molecular weight is 314 g/mol. The Morgan fingerprint density at radius 2 is 2.22 bits per heavy atom. The van der Waals surface area contributed by atoms with E-state index in [1.807, 2.05) is 24.3 Å². The number of aromatic amines is 1. The molecule has 2 aromatic rings. The second-order valence-electron chi connectivity index (χ2n) is 5.20. The minimum atomic E-state index is -1.07. The number of carboxylic acids is 1. The third-order valence-electron chi connectivity index (χ3n) is 3.92. The van der Waals surface area contributed by atoms with Crippen LogP contribution in [0.15, 0.2) is 29.3 Å². The summed E-state index contributed by atoms with van der Waals surface area (Å²) in [4.78, 5) is 41.4. The van der Waals surface area contributed by atoms with Crippen LogP contribution in [-0.4, -0.2) is 45.8 Å². The molecule has 0 bridgehead atoms. The summed E-state index contributed by atoms with van der Waals surface area (Å²) in [7, 11) is 0. The van der Waals surface area contributed by atoms with E-state index >= 15 is 0 Å². The molecular formula is C15H14N4O4. The highest BCUT2D eigenvalue weighted by molar-refractivity contribution is 5.89. The Hall–Kier alpha value is -3.12. The second kappa shape index (κ2) is 5.94. The van der Waals surface area contributed by atoms with E-state index in [9.17, 15) is 19.5 Å². The third kappa shape index (κ3) is 2.67. The minimum Gasteiger partial charge on any atom is -0.480 e. The van der Waals surface area contributed by atoms with Crippen molar-refractivity contribution >= 4 is 29.0 Å². The van der Waals surface area contributed by atoms with E-state index in [-0.39, 0.29) is 19.6 Å². The molecule has 8 nitrogen and oxygen atoms in total. The van der Waals surface area contributed by atoms with Gasteiger partial charge in [0, 0.05) is 23.0 Å². The van der Waals surface area contributed by atoms with Crippen LogP contribution in [0.5, 0.6) is 0 Å². The smallest absolute Gasteiger partial charge is 0.326 e. The van der Waals surface area contributed by atoms with E-state index in [1.165, 1.54) is 11.0 Å². The van der Waals surface area contributed by atoms with E-state index in [1.54, 1.807) is 0 Å². The molecule has 0 saturated carbocycles. The van der Waals surface area contributed by atoms with Crippen LogP contribution < -0.4 is 5.32 Å². The number of nitrogens with zero attached hydrogens (tertiary/aromatic N) is 2. The molecular weight excluding hydrogens is 300 g/mol. The highest BCUT2D eigenvalue weighted by Crippen LogP contribution is 2.30. The number of fused-ring (bicyclic) bond motifs is 3. The monoisotopic (exact) mass is 314 g/mol. The Bertz CT molecular complexity index is 822. The van der Waals surface area contributed by atoms with Crippen molar-refractivity contribution in [3.63, 3.8) is 0 Å². The van der Waals surface area contributed by atoms with Gasteiger partial charge in [-0.3, -0.25) is 0 Å². The highest BCUT2D eigenvalue weighted by atomic mass is 16.4. The number of aliphatic imine (C=N–C) groups is 1. The van der Waals surface area contributed by atoms with Crippen molar-refractivity contribution < 1.29 is 19.5 Å². The van der Waals surface area contributed by atoms with Gasteiger partial charge in [0.2, 0.25) is 6.08 Å². The molecule has 23 heavy (non-hydrogen) atoms. The van der Waals surface area contributed by atoms with Crippen molar-refractivity contribution in [3.05, 3.63) is 35.5 Å². The third-order valence-corrected chi connectivity index (χ3v) is 3.92. The molecule has 0 spiro atoms. The van der Waals surface area contributed by atoms with Crippen molar-refractivity contribution in [2.45, 2.75) is 19.0 Å². The number of rotatable bonds is 3. The van der Waals surface area contributed by atoms with Gasteiger partial charge in [-0.1, -0.05) is 18.2 Å². The zero-order chi connectivity index (χ0) is 16.4. The Kier molecular flexibility index (Phi) is 3.82. The lowest BCUT2D eigenvalue weighted by Crippen LogP contribution is -2.52. The lowest BCUT2D eigenvalue weighted by molar-refractivity contribution is -0.142. The Morgan fingerprint density at radius 1 is 1.43 bits per heavy atom. The molecule has 0 fully saturated rings. The van der Waals surface area contributed by atoms with Crippen LogP contribution in [0, 0.1) is 0 Å². The largest absolute Gasteiger partial charge is 0.480 e. The molecule has 1 aromatic carbocycles. The Labute approximate surface area is 130 Å². The van der Waals surface area contributed by atoms with Crippen LogP contribution in [0.1, 0.15) is 11.3 Å². The van der Waals surface area contributed by atoms with Gasteiger partial charge in [-0.25, -0.2) is 14.4 Å². The minimum absolute atomic E-state index is 0.150. The van der Waals surface area contributed by atoms with Gasteiger partial charge in [-0.05, 0) is 11.6 Å². The van der Waals surface area contributed by atoms with Gasteiger partial charge in [-0.15, -0.1) is 0 Å². The fraction of sp³-hybridized carbons (Fsp3) is 0.267. The number of isocyanates is 1. The van der Waals surface area contributed by atoms with Crippen molar-refractivity contribution in [2.24, 2.45) is 4.99 Å². The number of nitrogens with one attached hydrogen (secondary N) is 2. The summed E-state index contributed by atoms with van der Waals surface area (Å²) in [6.45, 7) is -0.0810. The summed E-state index contributed by atoms with van der Waals surface area (Å²) in [5, 5.41) is 12.8. The molecule has 1 unspecified atom stereocenters. The van der Waals surface area contributed by atoms with Gasteiger partial charge in [-0.2, -0.15) is 4.99 Å². The lowest BCUT2D eigenvalue weighted by atomic mass is 9.97. The number of hydrogen-bond donors (Lipinski definition) is 3. The van der Waals surface area contributed by atoms with E-state index < -0.39 is 18.0 Å². The first kappa shape index (κ1) is 14.8. The van der Waals surface area contributed by atoms with Gasteiger partial charge < -0.3 is 20.3 Å². The SMILES string of the molecule is O=C=NCNC(=O)N1Cc2[nH]c3ccccc3c2CC1C(=O)O. The molecule has 2 heterocycles. The first-order valence-electron chi connectivity index (χ1n) is 7.01. The molecule has 0 radical (unpaired) electrons. The maximum Gasteiger partial charge on any atom is 0.326 e. The topological polar surface area (TPSA) is 115 Å². The standard InChI is InChI=1S/C15H14N4O4/c20-8-16-7-17-15(23)19-6-12-10(5-13(19)14(21)22)9-3-1-2-4-11(9)18-12/h1-4,13,18H,5-7H2,(H,17,23)(H,21,22). The van der Waals surface area contributed by atoms with E-state index in [2.05, 4.69) is 15.3 Å². The fourth-order valence-electron chi connectivity index (χ4n) is 2.88. The highest BCUT2D eigenvalue weighted by Gasteiger charge is 2.36. The van der Waals surface area contributed by atoms with Gasteiger partial charge >= 0.3 is 12.0 Å². The maximum atomic E-state index is 12.2. The molecule has 1 aliphatic heterocycles. The van der Waals surface area contributed by atoms with Crippen molar-refractivity contribution in [1.82, 2.24) is 15.2 Å². The number of carbonyl (C=O) groups is 2. The fourth-order valence-corrected chi connectivity index (χ4v) is 2.88. The maximum absolute atomic E-state index is 12.2. The zero-order valence-corrected chi connectivity index (χ0v) is 12.1. The molecule has 3 rings (SSSR count). The zero-order valence-electron chi connectivity index (χ0n) is 12.1. The average Bonchev–Trinajstić information content (AvgIpc) is 2.91. The summed E-state index contributed by atoms with van der Waals surface area (Å²) in [5.74, 6) is -1.07. The molecule has 0 aliphatic carbocycles. The lowest BCUT2D eigenvalue weighted by Gasteiger charge is -2.32. The molecule has 0 saturated heterocycles. The number of H-pyrrole nitrogens is 1. The molecule has 2 amide bonds. The summed E-state index contributed by atoms with van der Waals surface area (Å²) in [6.07, 6.45) is 1.53. The summed E-state index contributed by atoms with van der Waals surface area (Å²) in [6, 6.07) is 6.07. The summed E-state index contributed by atoms with van der Waals surface area (Å²) < 4.78 is 0. The van der Waals surface area contributed by atoms with Crippen molar-refractivity contribution in [2.75, 3.05) is 6.67 Å². The molecule has 1 aromatic heterocycles. The first-order valence-corrected chi connectivity index (χ1v) is 7.01. The van der Waals surface area contributed by atoms with Crippen LogP contribution in [-0.2, 0) is 22.6 Å². The second-order valence-corrected chi connectivity index (χ2v) is 5.20. The Morgan fingerprint density at radius 3 is 2.96 bits per heavy atom. The van der Waals surface area contributed by atoms with Crippen LogP contribution in [0.4, 0.5) is 4.79 Å². The number of hydrogen-bond acceptors (Lipinski definition) is 4. The molecule has 1 atom stereocenters. The van der Waals surface area contributed by atoms with Gasteiger partial charge in [0.25, 0.3) is 0 Å². The number of aliphatic carboxylic acids is 1. The predicted octanol–water partition coefficient (Wildman–Crippen LogP) is 0.982. The number of urea groups is 1. The quantitative estimate of drug-likeness (QED) is 0.578. The molecule has 1 aliphatic rings. The summed E-state index contributed by atoms with van der Waals surface area (Å²) >= 11 is 0. The number of benzene rings is 1. The van der Waals surface area contributed by atoms with Crippen molar-refractivity contribution in [3.8, 4) is 0 Å². The Balaban J connectivity index is 1.93. The number of amides is 2. The molecule has 8 heteroatoms. The van der Waals surface area contributed by atoms with Crippen molar-refractivity contribution in [1.29, 1.82) is 0 Å². The number of carbonyl (C=O) groups excluding carboxylic acids is 2. The normalized spacial score (nSPS) is 16.5. The van der Waals surface area contributed by atoms with Crippen LogP contribution in [0.3, 0.4) is 0 Å². The van der Waals surface area contributed by atoms with Gasteiger partial charge in [0.05, 0.1) is 6.54 Å². The number of aromatic nitrogens is 1. The van der Waals surface area contributed by atoms with Crippen LogP contribution in [0.2, 0.25) is 0 Å². The number of para-hydroxylation sites is 1. The van der Waals surface area contributed by atoms with Gasteiger partial charge in [0.1, 0.15) is 12.7 Å². The number of carboxylic acid groups (broad SMARTS) is 1. The van der Waals surface area contributed by atoms with E-state index in [0.29, 0.717) is 0 Å². The first-order chi connectivity index (χ1) is 11.1. The molecule has 3 N–H and O–H groups in total. The van der Waals surface area contributed by atoms with Crippen LogP contribution in [0.25, 0.3) is 10.9 Å². The van der Waals surface area contributed by atoms with E-state index in [0.717, 1.165) is 22.2 Å². The molecule has 118 valence electrons. The summed E-state index contributed by atoms with van der Waals surface area (Å²) in [5.41, 5.74) is 2.65. The van der Waals surface area contributed by atoms with E-state index in [4.69, 9.17) is 0 Å². The van der Waals surface area contributed by atoms with Crippen LogP contribution >= 0.6 is 0 Å². The predicted molar refractivity (Wildman–Crippen MR) is 80.5 cm³/mol. The van der Waals surface area contributed by atoms with Gasteiger partial charge in [0.15, 0.2) is 0 Å².